The molecule has 4 heteroatoms. The van der Waals surface area contributed by atoms with Gasteiger partial charge in [-0.3, -0.25) is 0 Å². The van der Waals surface area contributed by atoms with Gasteiger partial charge in [0, 0.05) is 13.1 Å². The van der Waals surface area contributed by atoms with Crippen LogP contribution in [0.25, 0.3) is 0 Å². The van der Waals surface area contributed by atoms with Crippen LogP contribution >= 0.6 is 0 Å². The second-order valence-corrected chi connectivity index (χ2v) is 4.88. The third kappa shape index (κ3) is 4.00. The summed E-state index contributed by atoms with van der Waals surface area (Å²) in [4.78, 5) is 13.8. The minimum Gasteiger partial charge on any atom is -0.394 e. The van der Waals surface area contributed by atoms with E-state index in [-0.39, 0.29) is 24.6 Å². The molecule has 0 aromatic heterocycles. The molecule has 0 aromatic carbocycles. The lowest BCUT2D eigenvalue weighted by atomic mass is 10.1. The lowest BCUT2D eigenvalue weighted by Crippen LogP contribution is -2.48. The molecule has 16 heavy (non-hydrogen) atoms. The minimum atomic E-state index is -0.129. The Bertz CT molecular complexity index is 211. The number of nitrogens with zero attached hydrogens (tertiary/aromatic N) is 1. The van der Waals surface area contributed by atoms with E-state index < -0.39 is 0 Å². The molecule has 1 aliphatic heterocycles. The molecule has 0 saturated carbocycles. The number of carbonyl (C=O) groups is 1. The molecule has 94 valence electrons. The van der Waals surface area contributed by atoms with Gasteiger partial charge in [-0.25, -0.2) is 4.79 Å². The van der Waals surface area contributed by atoms with Gasteiger partial charge in [0.05, 0.1) is 12.6 Å². The normalized spacial score (nSPS) is 19.4. The fraction of sp³-hybridized carbons (Fsp3) is 0.917. The molecule has 1 heterocycles. The van der Waals surface area contributed by atoms with Gasteiger partial charge in [0.1, 0.15) is 0 Å². The van der Waals surface area contributed by atoms with Gasteiger partial charge >= 0.3 is 6.03 Å². The second-order valence-electron chi connectivity index (χ2n) is 4.88. The Morgan fingerprint density at radius 1 is 1.25 bits per heavy atom. The van der Waals surface area contributed by atoms with Crippen molar-refractivity contribution in [2.24, 2.45) is 5.92 Å². The summed E-state index contributed by atoms with van der Waals surface area (Å²) < 4.78 is 0. The molecule has 0 aliphatic carbocycles. The highest BCUT2D eigenvalue weighted by Crippen LogP contribution is 2.10. The van der Waals surface area contributed by atoms with Gasteiger partial charge < -0.3 is 15.3 Å². The van der Waals surface area contributed by atoms with E-state index in [9.17, 15) is 4.79 Å². The zero-order chi connectivity index (χ0) is 12.0. The van der Waals surface area contributed by atoms with Gasteiger partial charge in [0.25, 0.3) is 0 Å². The molecule has 1 rings (SSSR count). The fourth-order valence-corrected chi connectivity index (χ4v) is 1.95. The van der Waals surface area contributed by atoms with Crippen LogP contribution in [-0.4, -0.2) is 41.8 Å². The number of carbonyl (C=O) groups excluding carboxylic acids is 1. The quantitative estimate of drug-likeness (QED) is 0.770. The van der Waals surface area contributed by atoms with E-state index in [0.29, 0.717) is 0 Å². The maximum Gasteiger partial charge on any atom is 0.317 e. The highest BCUT2D eigenvalue weighted by atomic mass is 16.3. The van der Waals surface area contributed by atoms with Crippen LogP contribution in [0.15, 0.2) is 0 Å². The summed E-state index contributed by atoms with van der Waals surface area (Å²) in [7, 11) is 0. The number of likely N-dealkylation sites (tertiary alicyclic amines) is 1. The molecular formula is C12H24N2O2. The van der Waals surface area contributed by atoms with Gasteiger partial charge in [-0.05, 0) is 18.8 Å². The zero-order valence-corrected chi connectivity index (χ0v) is 10.4. The molecule has 4 nitrogen and oxygen atoms in total. The molecule has 0 radical (unpaired) electrons. The maximum atomic E-state index is 11.9. The van der Waals surface area contributed by atoms with Crippen molar-refractivity contribution in [3.05, 3.63) is 0 Å². The van der Waals surface area contributed by atoms with E-state index in [1.54, 1.807) is 0 Å². The predicted molar refractivity (Wildman–Crippen MR) is 64.3 cm³/mol. The highest BCUT2D eigenvalue weighted by Gasteiger charge is 2.20. The Morgan fingerprint density at radius 3 is 2.25 bits per heavy atom. The first-order valence-corrected chi connectivity index (χ1v) is 6.31. The molecule has 2 amide bonds. The van der Waals surface area contributed by atoms with Crippen molar-refractivity contribution in [1.29, 1.82) is 0 Å². The number of nitrogens with one attached hydrogen (secondary N) is 1. The first-order chi connectivity index (χ1) is 7.65. The largest absolute Gasteiger partial charge is 0.394 e. The third-order valence-electron chi connectivity index (χ3n) is 3.20. The number of hydrogen-bond acceptors (Lipinski definition) is 2. The SMILES string of the molecule is CC(C)[C@@H](CO)NC(=O)N1CCCCCC1. The first kappa shape index (κ1) is 13.3. The highest BCUT2D eigenvalue weighted by molar-refractivity contribution is 5.74. The molecule has 0 spiro atoms. The lowest BCUT2D eigenvalue weighted by molar-refractivity contribution is 0.172. The molecule has 0 aromatic rings. The first-order valence-electron chi connectivity index (χ1n) is 6.31. The van der Waals surface area contributed by atoms with Gasteiger partial charge in [-0.1, -0.05) is 26.7 Å². The summed E-state index contributed by atoms with van der Waals surface area (Å²) in [5.41, 5.74) is 0. The summed E-state index contributed by atoms with van der Waals surface area (Å²) in [6.07, 6.45) is 4.63. The van der Waals surface area contributed by atoms with Crippen LogP contribution in [0, 0.1) is 5.92 Å². The van der Waals surface area contributed by atoms with Crippen LogP contribution < -0.4 is 5.32 Å². The van der Waals surface area contributed by atoms with Crippen LogP contribution in [-0.2, 0) is 0 Å². The van der Waals surface area contributed by atoms with Gasteiger partial charge in [-0.2, -0.15) is 0 Å². The van der Waals surface area contributed by atoms with Crippen molar-refractivity contribution in [3.8, 4) is 0 Å². The van der Waals surface area contributed by atoms with Crippen molar-refractivity contribution in [2.75, 3.05) is 19.7 Å². The minimum absolute atomic E-state index is 0.0112. The van der Waals surface area contributed by atoms with Crippen LogP contribution in [0.1, 0.15) is 39.5 Å². The number of aliphatic hydroxyl groups is 1. The predicted octanol–water partition coefficient (Wildman–Crippen LogP) is 1.59. The van der Waals surface area contributed by atoms with Gasteiger partial charge in [-0.15, -0.1) is 0 Å². The van der Waals surface area contributed by atoms with E-state index >= 15 is 0 Å². The number of aliphatic hydroxyl groups excluding tert-OH is 1. The van der Waals surface area contributed by atoms with Crippen molar-refractivity contribution in [2.45, 2.75) is 45.6 Å². The van der Waals surface area contributed by atoms with Crippen molar-refractivity contribution in [3.63, 3.8) is 0 Å². The Hall–Kier alpha value is -0.770. The molecule has 1 fully saturated rings. The molecule has 2 N–H and O–H groups in total. The molecule has 1 saturated heterocycles. The fourth-order valence-electron chi connectivity index (χ4n) is 1.95. The lowest BCUT2D eigenvalue weighted by Gasteiger charge is -2.26. The Morgan fingerprint density at radius 2 is 1.81 bits per heavy atom. The molecule has 0 bridgehead atoms. The zero-order valence-electron chi connectivity index (χ0n) is 10.4. The molecule has 1 aliphatic rings. The molecular weight excluding hydrogens is 204 g/mol. The summed E-state index contributed by atoms with van der Waals surface area (Å²) in [5.74, 6) is 0.265. The average molecular weight is 228 g/mol. The third-order valence-corrected chi connectivity index (χ3v) is 3.20. The van der Waals surface area contributed by atoms with E-state index in [1.807, 2.05) is 18.7 Å². The molecule has 0 unspecified atom stereocenters. The summed E-state index contributed by atoms with van der Waals surface area (Å²) >= 11 is 0. The van der Waals surface area contributed by atoms with Crippen molar-refractivity contribution in [1.82, 2.24) is 10.2 Å². The van der Waals surface area contributed by atoms with Crippen LogP contribution in [0.4, 0.5) is 4.79 Å². The Balaban J connectivity index is 2.42. The topological polar surface area (TPSA) is 52.6 Å². The van der Waals surface area contributed by atoms with E-state index in [4.69, 9.17) is 5.11 Å². The van der Waals surface area contributed by atoms with Crippen LogP contribution in [0.2, 0.25) is 0 Å². The Labute approximate surface area is 98.0 Å². The summed E-state index contributed by atoms with van der Waals surface area (Å²) in [5, 5.41) is 12.1. The van der Waals surface area contributed by atoms with Crippen molar-refractivity contribution < 1.29 is 9.90 Å². The van der Waals surface area contributed by atoms with E-state index in [2.05, 4.69) is 5.32 Å². The standard InChI is InChI=1S/C12H24N2O2/c1-10(2)11(9-15)13-12(16)14-7-5-3-4-6-8-14/h10-11,15H,3-9H2,1-2H3,(H,13,16)/t11-/m1/s1. The summed E-state index contributed by atoms with van der Waals surface area (Å²) in [6, 6.07) is -0.148. The van der Waals surface area contributed by atoms with E-state index in [1.165, 1.54) is 12.8 Å². The smallest absolute Gasteiger partial charge is 0.317 e. The number of rotatable bonds is 3. The second kappa shape index (κ2) is 6.74. The number of amides is 2. The number of urea groups is 1. The van der Waals surface area contributed by atoms with E-state index in [0.717, 1.165) is 25.9 Å². The monoisotopic (exact) mass is 228 g/mol. The number of hydrogen-bond donors (Lipinski definition) is 2. The molecule has 1 atom stereocenters. The van der Waals surface area contributed by atoms with Gasteiger partial charge in [0.2, 0.25) is 0 Å². The maximum absolute atomic E-state index is 11.9. The summed E-state index contributed by atoms with van der Waals surface area (Å²) in [6.45, 7) is 5.72. The van der Waals surface area contributed by atoms with Gasteiger partial charge in [0.15, 0.2) is 0 Å². The van der Waals surface area contributed by atoms with Crippen molar-refractivity contribution >= 4 is 6.03 Å². The van der Waals surface area contributed by atoms with Crippen LogP contribution in [0.5, 0.6) is 0 Å². The average Bonchev–Trinajstić information content (AvgIpc) is 2.53. The Kier molecular flexibility index (Phi) is 5.60. The van der Waals surface area contributed by atoms with Crippen LogP contribution in [0.3, 0.4) is 0 Å².